The molecule has 2 saturated heterocycles. The maximum atomic E-state index is 13.4. The molecule has 8 heteroatoms. The van der Waals surface area contributed by atoms with Gasteiger partial charge >= 0.3 is 0 Å². The number of hydrogen-bond donors (Lipinski definition) is 0. The Hall–Kier alpha value is -1.70. The number of carbonyl (C=O) groups excluding carboxylic acids is 1. The molecule has 1 unspecified atom stereocenters. The van der Waals surface area contributed by atoms with Crippen LogP contribution in [0.5, 0.6) is 0 Å². The Bertz CT molecular complexity index is 981. The minimum absolute atomic E-state index is 0.146. The van der Waals surface area contributed by atoms with E-state index < -0.39 is 0 Å². The summed E-state index contributed by atoms with van der Waals surface area (Å²) in [6, 6.07) is 8.65. The number of rotatable bonds is 5. The van der Waals surface area contributed by atoms with E-state index in [1.165, 1.54) is 16.9 Å². The molecule has 3 heterocycles. The van der Waals surface area contributed by atoms with Crippen molar-refractivity contribution >= 4 is 35.0 Å². The van der Waals surface area contributed by atoms with Crippen LogP contribution in [0.4, 0.5) is 5.69 Å². The molecule has 0 spiro atoms. The number of benzene rings is 1. The molecule has 2 aliphatic heterocycles. The Morgan fingerprint density at radius 3 is 2.67 bits per heavy atom. The van der Waals surface area contributed by atoms with Crippen molar-refractivity contribution in [3.63, 3.8) is 0 Å². The highest BCUT2D eigenvalue weighted by molar-refractivity contribution is 7.99. The Balaban J connectivity index is 1.30. The third-order valence-electron chi connectivity index (χ3n) is 7.26. The van der Waals surface area contributed by atoms with Gasteiger partial charge in [0, 0.05) is 85.3 Å². The van der Waals surface area contributed by atoms with Crippen molar-refractivity contribution < 1.29 is 4.79 Å². The first-order chi connectivity index (χ1) is 16.1. The number of hydrogen-bond acceptors (Lipinski definition) is 5. The highest BCUT2D eigenvalue weighted by Gasteiger charge is 2.34. The van der Waals surface area contributed by atoms with E-state index in [2.05, 4.69) is 33.5 Å². The van der Waals surface area contributed by atoms with E-state index in [4.69, 9.17) is 16.7 Å². The Kier molecular flexibility index (Phi) is 7.18. The highest BCUT2D eigenvalue weighted by Crippen LogP contribution is 2.30. The molecule has 178 valence electrons. The molecule has 1 aromatic carbocycles. The molecule has 0 bridgehead atoms. The molecule has 33 heavy (non-hydrogen) atoms. The monoisotopic (exact) mass is 487 g/mol. The number of nitrogens with zero attached hydrogens (tertiary/aromatic N) is 5. The van der Waals surface area contributed by atoms with Crippen molar-refractivity contribution in [2.24, 2.45) is 0 Å². The fourth-order valence-electron chi connectivity index (χ4n) is 5.48. The average Bonchev–Trinajstić information content (AvgIpc) is 3.22. The van der Waals surface area contributed by atoms with Gasteiger partial charge < -0.3 is 9.80 Å². The number of aryl methyl sites for hydroxylation is 1. The second-order valence-corrected chi connectivity index (χ2v) is 11.0. The van der Waals surface area contributed by atoms with Crippen molar-refractivity contribution in [1.82, 2.24) is 19.6 Å². The number of anilines is 1. The van der Waals surface area contributed by atoms with Crippen LogP contribution in [-0.4, -0.2) is 82.3 Å². The normalized spacial score (nSPS) is 21.8. The van der Waals surface area contributed by atoms with Crippen LogP contribution in [0.15, 0.2) is 24.3 Å². The van der Waals surface area contributed by atoms with E-state index in [1.807, 2.05) is 28.8 Å². The van der Waals surface area contributed by atoms with Gasteiger partial charge in [0.05, 0.1) is 0 Å². The van der Waals surface area contributed by atoms with Gasteiger partial charge in [0.1, 0.15) is 0 Å². The van der Waals surface area contributed by atoms with Crippen LogP contribution in [-0.2, 0) is 19.4 Å². The van der Waals surface area contributed by atoms with Crippen molar-refractivity contribution in [2.45, 2.75) is 45.2 Å². The highest BCUT2D eigenvalue weighted by atomic mass is 35.5. The molecule has 1 aromatic heterocycles. The minimum Gasteiger partial charge on any atom is -0.369 e. The lowest BCUT2D eigenvalue weighted by Gasteiger charge is -2.41. The molecule has 1 amide bonds. The Morgan fingerprint density at radius 1 is 1.15 bits per heavy atom. The smallest absolute Gasteiger partial charge is 0.274 e. The number of carbonyl (C=O) groups is 1. The summed E-state index contributed by atoms with van der Waals surface area (Å²) in [7, 11) is 0. The van der Waals surface area contributed by atoms with Crippen molar-refractivity contribution in [1.29, 1.82) is 0 Å². The van der Waals surface area contributed by atoms with E-state index in [1.54, 1.807) is 0 Å². The standard InChI is InChI=1S/C25H34ClN5OS/c1-2-8-31-23-7-6-21(18-22(23)24(27-31)25(32)30-13-15-33-16-14-30)29-11-9-28(10-12-29)20-5-3-4-19(26)17-20/h3-5,17,21H,2,6-16,18H2,1H3. The molecule has 6 nitrogen and oxygen atoms in total. The second-order valence-electron chi connectivity index (χ2n) is 9.30. The summed E-state index contributed by atoms with van der Waals surface area (Å²) in [5.41, 5.74) is 4.47. The van der Waals surface area contributed by atoms with Gasteiger partial charge in [-0.3, -0.25) is 14.4 Å². The minimum atomic E-state index is 0.146. The van der Waals surface area contributed by atoms with Crippen molar-refractivity contribution in [3.8, 4) is 0 Å². The predicted octanol–water partition coefficient (Wildman–Crippen LogP) is 3.82. The summed E-state index contributed by atoms with van der Waals surface area (Å²) in [6.07, 6.45) is 4.15. The zero-order chi connectivity index (χ0) is 22.8. The summed E-state index contributed by atoms with van der Waals surface area (Å²) < 4.78 is 2.13. The zero-order valence-electron chi connectivity index (χ0n) is 19.5. The Labute approximate surface area is 206 Å². The predicted molar refractivity (Wildman–Crippen MR) is 137 cm³/mol. The lowest BCUT2D eigenvalue weighted by molar-refractivity contribution is 0.0763. The molecule has 0 radical (unpaired) electrons. The van der Waals surface area contributed by atoms with E-state index in [0.29, 0.717) is 6.04 Å². The van der Waals surface area contributed by atoms with Crippen LogP contribution in [0, 0.1) is 0 Å². The number of aromatic nitrogens is 2. The molecule has 0 N–H and O–H groups in total. The molecule has 2 fully saturated rings. The van der Waals surface area contributed by atoms with Gasteiger partial charge in [-0.1, -0.05) is 24.6 Å². The fraction of sp³-hybridized carbons (Fsp3) is 0.600. The zero-order valence-corrected chi connectivity index (χ0v) is 21.1. The summed E-state index contributed by atoms with van der Waals surface area (Å²) in [5.74, 6) is 2.21. The largest absolute Gasteiger partial charge is 0.369 e. The number of thioether (sulfide) groups is 1. The number of piperazine rings is 1. The maximum Gasteiger partial charge on any atom is 0.274 e. The van der Waals surface area contributed by atoms with E-state index in [-0.39, 0.29) is 5.91 Å². The Morgan fingerprint density at radius 2 is 1.94 bits per heavy atom. The third-order valence-corrected chi connectivity index (χ3v) is 8.44. The van der Waals surface area contributed by atoms with Crippen LogP contribution in [0.25, 0.3) is 0 Å². The van der Waals surface area contributed by atoms with Gasteiger partial charge in [0.2, 0.25) is 0 Å². The van der Waals surface area contributed by atoms with Gasteiger partial charge in [0.25, 0.3) is 5.91 Å². The number of amides is 1. The SMILES string of the molecule is CCCn1nc(C(=O)N2CCSCC2)c2c1CCC(N1CCN(c3cccc(Cl)c3)CC1)C2. The molecule has 3 aliphatic rings. The summed E-state index contributed by atoms with van der Waals surface area (Å²) >= 11 is 8.14. The maximum absolute atomic E-state index is 13.4. The second kappa shape index (κ2) is 10.3. The summed E-state index contributed by atoms with van der Waals surface area (Å²) in [5, 5.41) is 5.67. The summed E-state index contributed by atoms with van der Waals surface area (Å²) in [6.45, 7) is 8.87. The molecular weight excluding hydrogens is 454 g/mol. The number of halogens is 1. The molecule has 0 saturated carbocycles. The van der Waals surface area contributed by atoms with Gasteiger partial charge in [-0.25, -0.2) is 0 Å². The van der Waals surface area contributed by atoms with Gasteiger partial charge in [0.15, 0.2) is 5.69 Å². The number of fused-ring (bicyclic) bond motifs is 1. The van der Waals surface area contributed by atoms with Gasteiger partial charge in [-0.15, -0.1) is 0 Å². The first-order valence-corrected chi connectivity index (χ1v) is 13.9. The van der Waals surface area contributed by atoms with E-state index in [0.717, 1.165) is 93.7 Å². The first-order valence-electron chi connectivity index (χ1n) is 12.3. The molecule has 5 rings (SSSR count). The topological polar surface area (TPSA) is 44.6 Å². The van der Waals surface area contributed by atoms with Crippen molar-refractivity contribution in [2.75, 3.05) is 55.7 Å². The lowest BCUT2D eigenvalue weighted by atomic mass is 9.89. The molecule has 1 aliphatic carbocycles. The first kappa shape index (κ1) is 23.1. The average molecular weight is 488 g/mol. The van der Waals surface area contributed by atoms with Crippen LogP contribution in [0.3, 0.4) is 0 Å². The quantitative estimate of drug-likeness (QED) is 0.641. The summed E-state index contributed by atoms with van der Waals surface area (Å²) in [4.78, 5) is 20.5. The fourth-order valence-corrected chi connectivity index (χ4v) is 6.57. The van der Waals surface area contributed by atoms with Crippen LogP contribution in [0.1, 0.15) is 41.5 Å². The molecule has 1 atom stereocenters. The van der Waals surface area contributed by atoms with Gasteiger partial charge in [-0.05, 0) is 43.9 Å². The third kappa shape index (κ3) is 4.91. The van der Waals surface area contributed by atoms with E-state index in [9.17, 15) is 4.79 Å². The van der Waals surface area contributed by atoms with E-state index >= 15 is 0 Å². The van der Waals surface area contributed by atoms with Gasteiger partial charge in [-0.2, -0.15) is 16.9 Å². The van der Waals surface area contributed by atoms with Crippen LogP contribution < -0.4 is 4.90 Å². The van der Waals surface area contributed by atoms with Crippen molar-refractivity contribution in [3.05, 3.63) is 46.2 Å². The van der Waals surface area contributed by atoms with Crippen LogP contribution in [0.2, 0.25) is 5.02 Å². The van der Waals surface area contributed by atoms with Crippen LogP contribution >= 0.6 is 23.4 Å². The lowest BCUT2D eigenvalue weighted by Crippen LogP contribution is -2.52. The molecule has 2 aromatic rings. The molecular formula is C25H34ClN5OS.